The molecule has 0 saturated heterocycles. The van der Waals surface area contributed by atoms with Gasteiger partial charge in [0.05, 0.1) is 12.7 Å². The number of carbonyl (C=O) groups excluding carboxylic acids is 2. The third kappa shape index (κ3) is 2.85. The van der Waals surface area contributed by atoms with Crippen molar-refractivity contribution in [2.75, 3.05) is 7.11 Å². The van der Waals surface area contributed by atoms with Crippen molar-refractivity contribution in [3.05, 3.63) is 59.4 Å². The highest BCUT2D eigenvalue weighted by atomic mass is 19.1. The molecule has 0 saturated carbocycles. The van der Waals surface area contributed by atoms with Crippen molar-refractivity contribution in [3.63, 3.8) is 0 Å². The lowest BCUT2D eigenvalue weighted by Gasteiger charge is -2.06. The van der Waals surface area contributed by atoms with Crippen LogP contribution >= 0.6 is 0 Å². The van der Waals surface area contributed by atoms with E-state index in [0.717, 1.165) is 6.07 Å². The van der Waals surface area contributed by atoms with Crippen LogP contribution in [0.5, 0.6) is 0 Å². The van der Waals surface area contributed by atoms with Gasteiger partial charge in [-0.3, -0.25) is 4.79 Å². The summed E-state index contributed by atoms with van der Waals surface area (Å²) in [7, 11) is 1.24. The number of halogens is 1. The molecule has 0 radical (unpaired) electrons. The lowest BCUT2D eigenvalue weighted by atomic mass is 10.0. The molecule has 0 aromatic heterocycles. The van der Waals surface area contributed by atoms with Crippen molar-refractivity contribution in [2.45, 2.75) is 0 Å². The van der Waals surface area contributed by atoms with E-state index in [1.54, 1.807) is 24.3 Å². The van der Waals surface area contributed by atoms with Crippen LogP contribution in [0.15, 0.2) is 42.5 Å². The Morgan fingerprint density at radius 1 is 1.16 bits per heavy atom. The Morgan fingerprint density at radius 2 is 1.95 bits per heavy atom. The van der Waals surface area contributed by atoms with E-state index in [9.17, 15) is 14.0 Å². The van der Waals surface area contributed by atoms with Gasteiger partial charge < -0.3 is 4.74 Å². The van der Waals surface area contributed by atoms with Crippen molar-refractivity contribution in [1.29, 1.82) is 0 Å². The minimum absolute atomic E-state index is 0.133. The van der Waals surface area contributed by atoms with Crippen LogP contribution in [0.25, 0.3) is 11.1 Å². The Balaban J connectivity index is 2.52. The van der Waals surface area contributed by atoms with Crippen molar-refractivity contribution >= 4 is 12.3 Å². The summed E-state index contributed by atoms with van der Waals surface area (Å²) in [6.45, 7) is 0. The number of hydrogen-bond donors (Lipinski definition) is 0. The Kier molecular flexibility index (Phi) is 3.71. The maximum Gasteiger partial charge on any atom is 0.337 e. The Morgan fingerprint density at radius 3 is 2.63 bits per heavy atom. The number of rotatable bonds is 3. The molecule has 0 spiro atoms. The molecule has 2 aromatic carbocycles. The lowest BCUT2D eigenvalue weighted by molar-refractivity contribution is 0.0600. The second kappa shape index (κ2) is 5.44. The number of ether oxygens (including phenoxy) is 1. The van der Waals surface area contributed by atoms with E-state index in [1.807, 2.05) is 0 Å². The van der Waals surface area contributed by atoms with Gasteiger partial charge in [-0.2, -0.15) is 0 Å². The number of esters is 1. The number of methoxy groups -OCH3 is 1. The third-order valence-electron chi connectivity index (χ3n) is 2.67. The lowest BCUT2D eigenvalue weighted by Crippen LogP contribution is -2.02. The van der Waals surface area contributed by atoms with Crippen molar-refractivity contribution in [2.24, 2.45) is 0 Å². The first-order valence-electron chi connectivity index (χ1n) is 5.58. The fourth-order valence-electron chi connectivity index (χ4n) is 1.78. The minimum Gasteiger partial charge on any atom is -0.465 e. The van der Waals surface area contributed by atoms with E-state index in [4.69, 9.17) is 0 Å². The highest BCUT2D eigenvalue weighted by Gasteiger charge is 2.10. The largest absolute Gasteiger partial charge is 0.465 e. The molecule has 2 rings (SSSR count). The Labute approximate surface area is 109 Å². The first-order chi connectivity index (χ1) is 9.13. The van der Waals surface area contributed by atoms with E-state index in [1.165, 1.54) is 19.2 Å². The fraction of sp³-hybridized carbons (Fsp3) is 0.0667. The van der Waals surface area contributed by atoms with Gasteiger partial charge in [0.2, 0.25) is 0 Å². The maximum atomic E-state index is 13.5. The molecule has 0 N–H and O–H groups in total. The molecule has 19 heavy (non-hydrogen) atoms. The van der Waals surface area contributed by atoms with E-state index in [0.29, 0.717) is 23.0 Å². The summed E-state index contributed by atoms with van der Waals surface area (Å²) >= 11 is 0. The summed E-state index contributed by atoms with van der Waals surface area (Å²) in [5.41, 5.74) is 1.80. The summed E-state index contributed by atoms with van der Waals surface area (Å²) in [5.74, 6) is -1.14. The molecular weight excluding hydrogens is 247 g/mol. The average molecular weight is 258 g/mol. The van der Waals surface area contributed by atoms with Gasteiger partial charge >= 0.3 is 5.97 Å². The van der Waals surface area contributed by atoms with Gasteiger partial charge in [-0.1, -0.05) is 18.2 Å². The maximum absolute atomic E-state index is 13.5. The molecule has 2 aromatic rings. The van der Waals surface area contributed by atoms with Crippen LogP contribution in [0.2, 0.25) is 0 Å². The molecule has 3 nitrogen and oxygen atoms in total. The fourth-order valence-corrected chi connectivity index (χ4v) is 1.78. The second-order valence-corrected chi connectivity index (χ2v) is 3.96. The standard InChI is InChI=1S/C15H11FO3/c1-19-15(18)13-6-12(7-14(16)8-13)11-4-2-3-10(5-11)9-17/h2-9H,1H3. The highest BCUT2D eigenvalue weighted by Crippen LogP contribution is 2.23. The predicted octanol–water partition coefficient (Wildman–Crippen LogP) is 3.09. The summed E-state index contributed by atoms with van der Waals surface area (Å²) in [5, 5.41) is 0. The smallest absolute Gasteiger partial charge is 0.337 e. The van der Waals surface area contributed by atoms with Gasteiger partial charge in [-0.05, 0) is 35.4 Å². The molecule has 0 aliphatic heterocycles. The van der Waals surface area contributed by atoms with E-state index in [-0.39, 0.29) is 5.56 Å². The van der Waals surface area contributed by atoms with Gasteiger partial charge in [-0.25, -0.2) is 9.18 Å². The van der Waals surface area contributed by atoms with E-state index in [2.05, 4.69) is 4.74 Å². The van der Waals surface area contributed by atoms with Gasteiger partial charge in [0.15, 0.2) is 0 Å². The zero-order chi connectivity index (χ0) is 13.8. The van der Waals surface area contributed by atoms with Crippen LogP contribution < -0.4 is 0 Å². The van der Waals surface area contributed by atoms with Crippen molar-refractivity contribution < 1.29 is 18.7 Å². The first-order valence-corrected chi connectivity index (χ1v) is 5.58. The molecule has 0 unspecified atom stereocenters. The Bertz CT molecular complexity index is 635. The Hall–Kier alpha value is -2.49. The van der Waals surface area contributed by atoms with E-state index < -0.39 is 11.8 Å². The minimum atomic E-state index is -0.604. The van der Waals surface area contributed by atoms with Crippen LogP contribution in [0, 0.1) is 5.82 Å². The van der Waals surface area contributed by atoms with E-state index >= 15 is 0 Å². The number of benzene rings is 2. The van der Waals surface area contributed by atoms with Gasteiger partial charge in [-0.15, -0.1) is 0 Å². The molecule has 0 atom stereocenters. The van der Waals surface area contributed by atoms with Gasteiger partial charge in [0.25, 0.3) is 0 Å². The molecule has 4 heteroatoms. The molecule has 0 bridgehead atoms. The van der Waals surface area contributed by atoms with Crippen LogP contribution in [0.4, 0.5) is 4.39 Å². The average Bonchev–Trinajstić information content (AvgIpc) is 2.45. The monoisotopic (exact) mass is 258 g/mol. The summed E-state index contributed by atoms with van der Waals surface area (Å²) in [4.78, 5) is 22.2. The predicted molar refractivity (Wildman–Crippen MR) is 68.6 cm³/mol. The van der Waals surface area contributed by atoms with Gasteiger partial charge in [0.1, 0.15) is 12.1 Å². The van der Waals surface area contributed by atoms with Crippen LogP contribution in [0.3, 0.4) is 0 Å². The summed E-state index contributed by atoms with van der Waals surface area (Å²) in [6, 6.07) is 10.7. The zero-order valence-corrected chi connectivity index (χ0v) is 10.2. The SMILES string of the molecule is COC(=O)c1cc(F)cc(-c2cccc(C=O)c2)c1. The number of carbonyl (C=O) groups is 2. The normalized spacial score (nSPS) is 10.0. The topological polar surface area (TPSA) is 43.4 Å². The molecule has 96 valence electrons. The van der Waals surface area contributed by atoms with Crippen LogP contribution in [-0.2, 0) is 4.74 Å². The summed E-state index contributed by atoms with van der Waals surface area (Å²) in [6.07, 6.45) is 0.712. The van der Waals surface area contributed by atoms with Crippen molar-refractivity contribution in [1.82, 2.24) is 0 Å². The zero-order valence-electron chi connectivity index (χ0n) is 10.2. The quantitative estimate of drug-likeness (QED) is 0.627. The van der Waals surface area contributed by atoms with Crippen molar-refractivity contribution in [3.8, 4) is 11.1 Å². The molecule has 0 aliphatic carbocycles. The van der Waals surface area contributed by atoms with Crippen LogP contribution in [0.1, 0.15) is 20.7 Å². The number of hydrogen-bond acceptors (Lipinski definition) is 3. The summed E-state index contributed by atoms with van der Waals surface area (Å²) < 4.78 is 18.1. The molecule has 0 heterocycles. The molecule has 0 aliphatic rings. The third-order valence-corrected chi connectivity index (χ3v) is 2.67. The first kappa shape index (κ1) is 13.0. The molecule has 0 amide bonds. The highest BCUT2D eigenvalue weighted by molar-refractivity contribution is 5.91. The molecule has 0 fully saturated rings. The van der Waals surface area contributed by atoms with Crippen LogP contribution in [-0.4, -0.2) is 19.4 Å². The molecular formula is C15H11FO3. The number of aldehydes is 1. The van der Waals surface area contributed by atoms with Gasteiger partial charge in [0, 0.05) is 5.56 Å². The second-order valence-electron chi connectivity index (χ2n) is 3.96.